The third-order valence-electron chi connectivity index (χ3n) is 10.4. The molecule has 0 spiro atoms. The summed E-state index contributed by atoms with van der Waals surface area (Å²) in [5.74, 6) is 3.55. The fraction of sp³-hybridized carbons (Fsp3) is 0.688. The molecule has 1 aromatic rings. The molecule has 1 aromatic carbocycles. The third-order valence-corrected chi connectivity index (χ3v) is 10.4. The number of nitrogens with one attached hydrogen (secondary N) is 3. The summed E-state index contributed by atoms with van der Waals surface area (Å²) in [4.78, 5) is 12.2. The first-order valence-electron chi connectivity index (χ1n) is 15.4. The first-order chi connectivity index (χ1) is 19.5. The Morgan fingerprint density at radius 2 is 1.90 bits per heavy atom. The van der Waals surface area contributed by atoms with Crippen molar-refractivity contribution in [3.63, 3.8) is 0 Å². The van der Waals surface area contributed by atoms with Crippen molar-refractivity contribution in [2.45, 2.75) is 76.9 Å². The second-order valence-corrected chi connectivity index (χ2v) is 13.2. The van der Waals surface area contributed by atoms with Crippen LogP contribution in [0.1, 0.15) is 62.5 Å². The van der Waals surface area contributed by atoms with E-state index in [1.54, 1.807) is 0 Å². The first-order valence-corrected chi connectivity index (χ1v) is 15.4. The van der Waals surface area contributed by atoms with Crippen LogP contribution in [0.5, 0.6) is 0 Å². The summed E-state index contributed by atoms with van der Waals surface area (Å²) >= 11 is 0. The predicted molar refractivity (Wildman–Crippen MR) is 157 cm³/mol. The second kappa shape index (κ2) is 11.9. The molecule has 5 fully saturated rings. The molecule has 4 unspecified atom stereocenters. The highest BCUT2D eigenvalue weighted by molar-refractivity contribution is 6.03. The number of hydrogen-bond acceptors (Lipinski definition) is 7. The zero-order valence-corrected chi connectivity index (χ0v) is 23.9. The SMILES string of the molecule is Cc1ccccc1CNC1=NCC(C#N)C(=NCC23CC4C[C@H](C2)C(NC2CCN(CCC#N)CC2)[C@@H](C4)C3)N1. The van der Waals surface area contributed by atoms with E-state index in [-0.39, 0.29) is 11.3 Å². The molecule has 4 aliphatic carbocycles. The molecule has 2 heterocycles. The van der Waals surface area contributed by atoms with Crippen molar-refractivity contribution in [1.82, 2.24) is 20.9 Å². The number of benzene rings is 1. The van der Waals surface area contributed by atoms with E-state index < -0.39 is 0 Å². The van der Waals surface area contributed by atoms with E-state index in [4.69, 9.17) is 10.3 Å². The lowest BCUT2D eigenvalue weighted by atomic mass is 9.48. The first kappa shape index (κ1) is 27.2. The highest BCUT2D eigenvalue weighted by Gasteiger charge is 2.55. The molecule has 212 valence electrons. The van der Waals surface area contributed by atoms with Crippen molar-refractivity contribution in [3.05, 3.63) is 35.4 Å². The van der Waals surface area contributed by atoms with Gasteiger partial charge in [0.1, 0.15) is 11.8 Å². The van der Waals surface area contributed by atoms with Crippen LogP contribution in [0.25, 0.3) is 0 Å². The molecule has 4 saturated carbocycles. The van der Waals surface area contributed by atoms with Crippen LogP contribution in [0.3, 0.4) is 0 Å². The number of aliphatic imine (C=N–C) groups is 2. The molecule has 7 rings (SSSR count). The molecule has 6 atom stereocenters. The average molecular weight is 541 g/mol. The quantitative estimate of drug-likeness (QED) is 0.463. The maximum absolute atomic E-state index is 9.82. The monoisotopic (exact) mass is 540 g/mol. The van der Waals surface area contributed by atoms with Crippen LogP contribution in [0.2, 0.25) is 0 Å². The fourth-order valence-electron chi connectivity index (χ4n) is 8.57. The number of guanidine groups is 1. The summed E-state index contributed by atoms with van der Waals surface area (Å²) in [6.45, 7) is 7.26. The predicted octanol–water partition coefficient (Wildman–Crippen LogP) is 3.74. The largest absolute Gasteiger partial charge is 0.352 e. The van der Waals surface area contributed by atoms with Gasteiger partial charge in [-0.15, -0.1) is 0 Å². The standard InChI is InChI=1S/C32H44N8/c1-22-5-2-3-6-24(22)19-35-31-36-20-27(18-34)30(39-31)37-21-32-15-23-13-25(16-32)29(26(14-23)17-32)38-28-7-11-40(12-8-28)10-4-9-33/h2-3,5-6,23,25-29,38H,4,7-8,10-17,19-21H2,1H3,(H2,35,36,37,39)/t23?,25-,26+,27?,29?,32?. The molecule has 8 heteroatoms. The molecule has 3 N–H and O–H groups in total. The molecule has 0 aromatic heterocycles. The average Bonchev–Trinajstić information content (AvgIpc) is 2.97. The number of aryl methyl sites for hydroxylation is 1. The normalized spacial score (nSPS) is 34.6. The van der Waals surface area contributed by atoms with Crippen LogP contribution < -0.4 is 16.0 Å². The van der Waals surface area contributed by atoms with Gasteiger partial charge in [-0.3, -0.25) is 9.98 Å². The van der Waals surface area contributed by atoms with Gasteiger partial charge in [0, 0.05) is 38.1 Å². The van der Waals surface area contributed by atoms with Crippen LogP contribution in [0.15, 0.2) is 34.3 Å². The summed E-state index contributed by atoms with van der Waals surface area (Å²) in [5, 5.41) is 29.7. The van der Waals surface area contributed by atoms with E-state index >= 15 is 0 Å². The smallest absolute Gasteiger partial charge is 0.197 e. The Kier molecular flexibility index (Phi) is 8.10. The molecule has 40 heavy (non-hydrogen) atoms. The Hall–Kier alpha value is -2.94. The van der Waals surface area contributed by atoms with Crippen molar-refractivity contribution in [1.29, 1.82) is 10.5 Å². The molecule has 0 radical (unpaired) electrons. The maximum atomic E-state index is 9.82. The summed E-state index contributed by atoms with van der Waals surface area (Å²) < 4.78 is 0. The zero-order chi connectivity index (χ0) is 27.5. The van der Waals surface area contributed by atoms with Crippen LogP contribution in [-0.4, -0.2) is 61.5 Å². The van der Waals surface area contributed by atoms with Gasteiger partial charge in [-0.05, 0) is 99.3 Å². The van der Waals surface area contributed by atoms with E-state index in [1.807, 2.05) is 0 Å². The van der Waals surface area contributed by atoms with Crippen molar-refractivity contribution in [2.24, 2.45) is 39.1 Å². The lowest BCUT2D eigenvalue weighted by Gasteiger charge is -2.60. The molecule has 6 aliphatic rings. The summed E-state index contributed by atoms with van der Waals surface area (Å²) in [6.07, 6.45) is 9.60. The van der Waals surface area contributed by atoms with Gasteiger partial charge in [-0.1, -0.05) is 24.3 Å². The highest BCUT2D eigenvalue weighted by atomic mass is 15.2. The zero-order valence-electron chi connectivity index (χ0n) is 23.9. The molecule has 4 bridgehead atoms. The van der Waals surface area contributed by atoms with E-state index in [2.05, 4.69) is 69.2 Å². The number of piperidine rings is 1. The molecule has 1 saturated heterocycles. The number of hydrogen-bond donors (Lipinski definition) is 3. The topological polar surface area (TPSA) is 112 Å². The minimum Gasteiger partial charge on any atom is -0.352 e. The Bertz CT molecular complexity index is 1180. The van der Waals surface area contributed by atoms with Crippen LogP contribution in [0, 0.1) is 58.7 Å². The lowest BCUT2D eigenvalue weighted by Crippen LogP contribution is -2.61. The molecule has 8 nitrogen and oxygen atoms in total. The van der Waals surface area contributed by atoms with Crippen LogP contribution >= 0.6 is 0 Å². The van der Waals surface area contributed by atoms with Gasteiger partial charge in [0.2, 0.25) is 0 Å². The Balaban J connectivity index is 1.06. The molecule has 2 aliphatic heterocycles. The maximum Gasteiger partial charge on any atom is 0.197 e. The number of likely N-dealkylation sites (tertiary alicyclic amines) is 1. The second-order valence-electron chi connectivity index (χ2n) is 13.2. The number of rotatable bonds is 8. The molecular formula is C32H44N8. The minimum absolute atomic E-state index is 0.285. The minimum atomic E-state index is -0.300. The Morgan fingerprint density at radius 3 is 2.62 bits per heavy atom. The van der Waals surface area contributed by atoms with Gasteiger partial charge >= 0.3 is 0 Å². The summed E-state index contributed by atoms with van der Waals surface area (Å²) in [5.41, 5.74) is 2.79. The molecule has 0 amide bonds. The molecular weight excluding hydrogens is 496 g/mol. The van der Waals surface area contributed by atoms with Gasteiger partial charge in [0.15, 0.2) is 5.96 Å². The Morgan fingerprint density at radius 1 is 1.12 bits per heavy atom. The number of nitriles is 2. The van der Waals surface area contributed by atoms with E-state index in [9.17, 15) is 5.26 Å². The van der Waals surface area contributed by atoms with Crippen LogP contribution in [-0.2, 0) is 6.54 Å². The van der Waals surface area contributed by atoms with E-state index in [0.717, 1.165) is 55.7 Å². The summed E-state index contributed by atoms with van der Waals surface area (Å²) in [6, 6.07) is 14.4. The van der Waals surface area contributed by atoms with Crippen molar-refractivity contribution >= 4 is 11.8 Å². The van der Waals surface area contributed by atoms with Crippen molar-refractivity contribution in [3.8, 4) is 12.1 Å². The van der Waals surface area contributed by atoms with Gasteiger partial charge in [-0.25, -0.2) is 0 Å². The fourth-order valence-corrected chi connectivity index (χ4v) is 8.57. The number of nitrogens with zero attached hydrogens (tertiary/aromatic N) is 5. The van der Waals surface area contributed by atoms with Gasteiger partial charge in [0.25, 0.3) is 0 Å². The highest BCUT2D eigenvalue weighted by Crippen LogP contribution is 2.60. The van der Waals surface area contributed by atoms with Gasteiger partial charge in [0.05, 0.1) is 18.7 Å². The van der Waals surface area contributed by atoms with Crippen molar-refractivity contribution in [2.75, 3.05) is 32.7 Å². The third kappa shape index (κ3) is 5.90. The van der Waals surface area contributed by atoms with E-state index in [0.29, 0.717) is 31.6 Å². The van der Waals surface area contributed by atoms with Crippen LogP contribution in [0.4, 0.5) is 0 Å². The number of amidine groups is 1. The van der Waals surface area contributed by atoms with Gasteiger partial charge < -0.3 is 20.9 Å². The van der Waals surface area contributed by atoms with Gasteiger partial charge in [-0.2, -0.15) is 10.5 Å². The summed E-state index contributed by atoms with van der Waals surface area (Å²) in [7, 11) is 0. The van der Waals surface area contributed by atoms with E-state index in [1.165, 1.54) is 56.1 Å². The Labute approximate surface area is 239 Å². The lowest BCUT2D eigenvalue weighted by molar-refractivity contribution is -0.0751. The van der Waals surface area contributed by atoms with Crippen molar-refractivity contribution < 1.29 is 0 Å².